The van der Waals surface area contributed by atoms with Gasteiger partial charge in [-0.25, -0.2) is 9.10 Å². The zero-order valence-corrected chi connectivity index (χ0v) is 12.7. The third-order valence-electron chi connectivity index (χ3n) is 3.51. The largest absolute Gasteiger partial charge is 0.516 e. The van der Waals surface area contributed by atoms with Crippen molar-refractivity contribution in [3.05, 3.63) is 0 Å². The van der Waals surface area contributed by atoms with Crippen LogP contribution in [-0.4, -0.2) is 71.6 Å². The minimum absolute atomic E-state index is 0.0518. The molecule has 2 atom stereocenters. The van der Waals surface area contributed by atoms with Crippen LogP contribution >= 0.6 is 0 Å². The molecule has 1 N–H and O–H groups in total. The van der Waals surface area contributed by atoms with E-state index in [-0.39, 0.29) is 10.7 Å². The number of fused-ring (bicyclic) bond motifs is 2. The number of amides is 3. The lowest BCUT2D eigenvalue weighted by atomic mass is 10.1. The van der Waals surface area contributed by atoms with Crippen LogP contribution < -0.4 is 0 Å². The summed E-state index contributed by atoms with van der Waals surface area (Å²) in [5.74, 6) is 0. The number of carbonyl (C=O) groups excluding carboxylic acids is 2. The molecule has 0 aromatic carbocycles. The van der Waals surface area contributed by atoms with E-state index in [0.29, 0.717) is 4.90 Å². The van der Waals surface area contributed by atoms with Crippen LogP contribution in [0.15, 0.2) is 0 Å². The molecule has 2 rings (SSSR count). The molecule has 10 nitrogen and oxygen atoms in total. The Hall–Kier alpha value is -1.61. The Morgan fingerprint density at radius 1 is 1.22 bits per heavy atom. The molecule has 2 bridgehead atoms. The second-order valence-corrected chi connectivity index (χ2v) is 7.93. The van der Waals surface area contributed by atoms with Gasteiger partial charge in [0.1, 0.15) is 6.17 Å². The second-order valence-electron chi connectivity index (χ2n) is 4.81. The van der Waals surface area contributed by atoms with Crippen molar-refractivity contribution in [3.8, 4) is 0 Å². The Labute approximate surface area is 128 Å². The van der Waals surface area contributed by atoms with Crippen molar-refractivity contribution in [1.29, 1.82) is 0 Å². The highest BCUT2D eigenvalue weighted by molar-refractivity contribution is 7.90. The lowest BCUT2D eigenvalue weighted by Crippen LogP contribution is -2.55. The third-order valence-corrected chi connectivity index (χ3v) is 5.93. The summed E-state index contributed by atoms with van der Waals surface area (Å²) in [5.41, 5.74) is -5.77. The van der Waals surface area contributed by atoms with Crippen LogP contribution in [0.4, 0.5) is 18.0 Å². The van der Waals surface area contributed by atoms with Crippen molar-refractivity contribution in [1.82, 2.24) is 13.5 Å². The molecular weight excluding hydrogens is 371 g/mol. The van der Waals surface area contributed by atoms with Gasteiger partial charge in [0, 0.05) is 6.54 Å². The number of urea groups is 1. The number of carbonyl (C=O) groups is 2. The van der Waals surface area contributed by atoms with Crippen LogP contribution in [0.1, 0.15) is 12.8 Å². The molecule has 132 valence electrons. The fraction of sp³-hybridized carbons (Fsp3) is 0.750. The summed E-state index contributed by atoms with van der Waals surface area (Å²) in [7, 11) is -11.0. The molecule has 0 spiro atoms. The molecule has 0 aliphatic carbocycles. The molecule has 0 aromatic rings. The van der Waals surface area contributed by atoms with Crippen molar-refractivity contribution < 1.29 is 44.1 Å². The van der Waals surface area contributed by atoms with Crippen molar-refractivity contribution in [3.63, 3.8) is 0 Å². The molecule has 2 aliphatic rings. The van der Waals surface area contributed by atoms with Crippen LogP contribution in [0.5, 0.6) is 0 Å². The van der Waals surface area contributed by atoms with Crippen LogP contribution in [0.25, 0.3) is 0 Å². The quantitative estimate of drug-likeness (QED) is 0.504. The third kappa shape index (κ3) is 2.72. The van der Waals surface area contributed by atoms with E-state index in [9.17, 15) is 39.6 Å². The molecule has 3 amide bonds. The fourth-order valence-electron chi connectivity index (χ4n) is 2.58. The van der Waals surface area contributed by atoms with Gasteiger partial charge < -0.3 is 0 Å². The number of alkyl halides is 3. The molecule has 0 aromatic heterocycles. The molecule has 2 fully saturated rings. The van der Waals surface area contributed by atoms with Gasteiger partial charge in [-0.1, -0.05) is 0 Å². The summed E-state index contributed by atoms with van der Waals surface area (Å²) >= 11 is 0. The molecule has 2 aliphatic heterocycles. The van der Waals surface area contributed by atoms with Crippen LogP contribution in [0, 0.1) is 0 Å². The van der Waals surface area contributed by atoms with Gasteiger partial charge in [0.2, 0.25) is 6.41 Å². The average molecular weight is 381 g/mol. The van der Waals surface area contributed by atoms with E-state index in [1.165, 1.54) is 0 Å². The summed E-state index contributed by atoms with van der Waals surface area (Å²) in [6.45, 7) is -0.443. The Kier molecular flexibility index (Phi) is 4.01. The predicted octanol–water partition coefficient (Wildman–Crippen LogP) is -0.677. The lowest BCUT2D eigenvalue weighted by molar-refractivity contribution is -0.119. The maximum absolute atomic E-state index is 12.6. The van der Waals surface area contributed by atoms with E-state index < -0.39 is 67.8 Å². The van der Waals surface area contributed by atoms with E-state index in [2.05, 4.69) is 0 Å². The van der Waals surface area contributed by atoms with Gasteiger partial charge in [-0.05, 0) is 12.8 Å². The number of piperidine rings is 1. The Balaban J connectivity index is 2.40. The predicted molar refractivity (Wildman–Crippen MR) is 65.2 cm³/mol. The van der Waals surface area contributed by atoms with Crippen LogP contribution in [0.3, 0.4) is 0 Å². The minimum atomic E-state index is -6.05. The first-order valence-electron chi connectivity index (χ1n) is 5.95. The van der Waals surface area contributed by atoms with Gasteiger partial charge in [-0.3, -0.25) is 14.2 Å². The molecule has 2 saturated heterocycles. The average Bonchev–Trinajstić information content (AvgIpc) is 2.63. The van der Waals surface area contributed by atoms with E-state index in [4.69, 9.17) is 4.55 Å². The van der Waals surface area contributed by atoms with Crippen LogP contribution in [-0.2, 0) is 25.1 Å². The highest BCUT2D eigenvalue weighted by atomic mass is 32.2. The zero-order valence-electron chi connectivity index (χ0n) is 11.0. The zero-order chi connectivity index (χ0) is 17.8. The van der Waals surface area contributed by atoms with Crippen molar-refractivity contribution in [2.24, 2.45) is 0 Å². The maximum atomic E-state index is 12.6. The summed E-state index contributed by atoms with van der Waals surface area (Å²) < 4.78 is 91.3. The van der Waals surface area contributed by atoms with Crippen molar-refractivity contribution >= 4 is 32.8 Å². The van der Waals surface area contributed by atoms with Gasteiger partial charge in [-0.2, -0.15) is 34.3 Å². The SMILES string of the molecule is O=CN([C@H]1CC[C@@H]2CN1C(=O)N2S(=O)(=O)O)S(=O)(=O)C(F)(F)F. The Morgan fingerprint density at radius 3 is 2.22 bits per heavy atom. The van der Waals surface area contributed by atoms with E-state index in [1.807, 2.05) is 0 Å². The van der Waals surface area contributed by atoms with E-state index in [1.54, 1.807) is 0 Å². The highest BCUT2D eigenvalue weighted by Crippen LogP contribution is 2.36. The molecule has 0 radical (unpaired) electrons. The summed E-state index contributed by atoms with van der Waals surface area (Å²) in [6.07, 6.45) is -3.03. The number of halogens is 3. The van der Waals surface area contributed by atoms with Gasteiger partial charge >= 0.3 is 31.9 Å². The standard InChI is InChI=1S/C8H10F3N3O7S2/c9-8(10,11)22(17,18)13(4-15)6-2-1-5-3-12(6)7(16)14(5)23(19,20)21/h4-6H,1-3H2,(H,19,20,21)/t5-,6+/m1/s1. The van der Waals surface area contributed by atoms with Crippen molar-refractivity contribution in [2.75, 3.05) is 6.54 Å². The van der Waals surface area contributed by atoms with Crippen LogP contribution in [0.2, 0.25) is 0 Å². The van der Waals surface area contributed by atoms with Crippen molar-refractivity contribution in [2.45, 2.75) is 30.6 Å². The molecule has 15 heteroatoms. The number of rotatable bonds is 4. The molecule has 2 heterocycles. The van der Waals surface area contributed by atoms with E-state index >= 15 is 0 Å². The Morgan fingerprint density at radius 2 is 1.78 bits per heavy atom. The molecular formula is C8H10F3N3O7S2. The number of hydrogen-bond donors (Lipinski definition) is 1. The fourth-order valence-corrected chi connectivity index (χ4v) is 4.32. The number of nitrogens with zero attached hydrogens (tertiary/aromatic N) is 3. The Bertz CT molecular complexity index is 735. The molecule has 23 heavy (non-hydrogen) atoms. The van der Waals surface area contributed by atoms with Gasteiger partial charge in [-0.15, -0.1) is 0 Å². The summed E-state index contributed by atoms with van der Waals surface area (Å²) in [5, 5.41) is 0. The van der Waals surface area contributed by atoms with E-state index in [0.717, 1.165) is 0 Å². The smallest absolute Gasteiger partial charge is 0.300 e. The minimum Gasteiger partial charge on any atom is -0.300 e. The summed E-state index contributed by atoms with van der Waals surface area (Å²) in [6, 6.07) is -2.44. The highest BCUT2D eigenvalue weighted by Gasteiger charge is 2.57. The van der Waals surface area contributed by atoms with Gasteiger partial charge in [0.15, 0.2) is 0 Å². The first-order chi connectivity index (χ1) is 10.3. The number of hydrogen-bond acceptors (Lipinski definition) is 6. The lowest BCUT2D eigenvalue weighted by Gasteiger charge is -2.36. The monoisotopic (exact) mass is 381 g/mol. The maximum Gasteiger partial charge on any atom is 0.516 e. The topological polar surface area (TPSA) is 132 Å². The first kappa shape index (κ1) is 17.7. The number of sulfonamides is 1. The van der Waals surface area contributed by atoms with Gasteiger partial charge in [0.25, 0.3) is 0 Å². The molecule has 0 saturated carbocycles. The second kappa shape index (κ2) is 5.20. The van der Waals surface area contributed by atoms with Gasteiger partial charge in [0.05, 0.1) is 6.04 Å². The summed E-state index contributed by atoms with van der Waals surface area (Å²) in [4.78, 5) is 23.3. The first-order valence-corrected chi connectivity index (χ1v) is 8.78. The molecule has 0 unspecified atom stereocenters. The normalized spacial score (nSPS) is 25.7.